The fourth-order valence-corrected chi connectivity index (χ4v) is 2.30. The Balaban J connectivity index is 0.00000529. The molecule has 0 atom stereocenters. The zero-order chi connectivity index (χ0) is 17.1. The minimum Gasteiger partial charge on any atom is -0.357 e. The molecule has 0 spiro atoms. The second kappa shape index (κ2) is 12.5. The lowest BCUT2D eigenvalue weighted by molar-refractivity contribution is 0.332. The second-order valence-electron chi connectivity index (χ2n) is 6.73. The van der Waals surface area contributed by atoms with Crippen molar-refractivity contribution in [2.45, 2.75) is 66.7 Å². The first-order valence-corrected chi connectivity index (χ1v) is 8.78. The topological polar surface area (TPSA) is 75.3 Å². The summed E-state index contributed by atoms with van der Waals surface area (Å²) in [7, 11) is 0. The van der Waals surface area contributed by atoms with Crippen LogP contribution in [0, 0.1) is 12.3 Å². The van der Waals surface area contributed by atoms with Gasteiger partial charge in [-0.05, 0) is 25.7 Å². The van der Waals surface area contributed by atoms with Gasteiger partial charge in [0.25, 0.3) is 0 Å². The molecular weight excluding hydrogens is 417 g/mol. The molecule has 0 aliphatic heterocycles. The van der Waals surface area contributed by atoms with Gasteiger partial charge in [-0.25, -0.2) is 0 Å². The Bertz CT molecular complexity index is 473. The van der Waals surface area contributed by atoms with Crippen LogP contribution in [0.15, 0.2) is 9.52 Å². The van der Waals surface area contributed by atoms with Gasteiger partial charge in [0.2, 0.25) is 5.89 Å². The summed E-state index contributed by atoms with van der Waals surface area (Å²) in [5, 5.41) is 10.4. The van der Waals surface area contributed by atoms with Crippen LogP contribution in [0.2, 0.25) is 0 Å². The van der Waals surface area contributed by atoms with Crippen LogP contribution in [0.1, 0.15) is 65.1 Å². The zero-order valence-electron chi connectivity index (χ0n) is 15.8. The molecule has 0 unspecified atom stereocenters. The van der Waals surface area contributed by atoms with Crippen LogP contribution in [-0.2, 0) is 6.42 Å². The number of halogens is 1. The number of unbranched alkanes of at least 4 members (excludes halogenated alkanes) is 2. The molecule has 1 aromatic rings. The highest BCUT2D eigenvalue weighted by atomic mass is 127. The van der Waals surface area contributed by atoms with Crippen LogP contribution in [0.4, 0.5) is 0 Å². The predicted molar refractivity (Wildman–Crippen MR) is 110 cm³/mol. The van der Waals surface area contributed by atoms with Crippen molar-refractivity contribution in [2.75, 3.05) is 19.6 Å². The Morgan fingerprint density at radius 1 is 1.21 bits per heavy atom. The SMILES string of the molecule is CCCCCC(C)(C)CN=C(NCC)NCCc1nc(C)no1.I. The summed E-state index contributed by atoms with van der Waals surface area (Å²) < 4.78 is 5.11. The average molecular weight is 451 g/mol. The van der Waals surface area contributed by atoms with Gasteiger partial charge in [-0.2, -0.15) is 4.98 Å². The molecule has 0 aliphatic rings. The summed E-state index contributed by atoms with van der Waals surface area (Å²) in [6, 6.07) is 0. The van der Waals surface area contributed by atoms with Crippen molar-refractivity contribution in [3.05, 3.63) is 11.7 Å². The summed E-state index contributed by atoms with van der Waals surface area (Å²) in [6.45, 7) is 13.1. The Kier molecular flexibility index (Phi) is 12.0. The van der Waals surface area contributed by atoms with Crippen molar-refractivity contribution in [3.63, 3.8) is 0 Å². The number of hydrogen-bond acceptors (Lipinski definition) is 4. The monoisotopic (exact) mass is 451 g/mol. The first-order chi connectivity index (χ1) is 11.0. The molecule has 0 radical (unpaired) electrons. The van der Waals surface area contributed by atoms with Gasteiger partial charge in [-0.15, -0.1) is 24.0 Å². The molecule has 0 amide bonds. The molecule has 1 aromatic heterocycles. The lowest BCUT2D eigenvalue weighted by Crippen LogP contribution is -2.39. The maximum absolute atomic E-state index is 5.11. The Morgan fingerprint density at radius 3 is 2.54 bits per heavy atom. The normalized spacial score (nSPS) is 12.0. The van der Waals surface area contributed by atoms with Gasteiger partial charge in [-0.1, -0.05) is 45.2 Å². The van der Waals surface area contributed by atoms with Crippen LogP contribution in [0.3, 0.4) is 0 Å². The fourth-order valence-electron chi connectivity index (χ4n) is 2.30. The van der Waals surface area contributed by atoms with Crippen molar-refractivity contribution in [2.24, 2.45) is 10.4 Å². The van der Waals surface area contributed by atoms with Crippen molar-refractivity contribution >= 4 is 29.9 Å². The molecule has 0 saturated heterocycles. The summed E-state index contributed by atoms with van der Waals surface area (Å²) in [4.78, 5) is 8.93. The molecule has 0 aromatic carbocycles. The van der Waals surface area contributed by atoms with Gasteiger partial charge in [-0.3, -0.25) is 4.99 Å². The molecule has 0 saturated carbocycles. The maximum atomic E-state index is 5.11. The third kappa shape index (κ3) is 10.1. The quantitative estimate of drug-likeness (QED) is 0.246. The second-order valence-corrected chi connectivity index (χ2v) is 6.73. The number of aryl methyl sites for hydroxylation is 1. The largest absolute Gasteiger partial charge is 0.357 e. The number of aliphatic imine (C=N–C) groups is 1. The molecule has 0 bridgehead atoms. The lowest BCUT2D eigenvalue weighted by Gasteiger charge is -2.23. The van der Waals surface area contributed by atoms with Crippen LogP contribution < -0.4 is 10.6 Å². The van der Waals surface area contributed by atoms with Crippen LogP contribution in [-0.4, -0.2) is 35.7 Å². The minimum atomic E-state index is 0. The Morgan fingerprint density at radius 2 is 1.96 bits per heavy atom. The highest BCUT2D eigenvalue weighted by Crippen LogP contribution is 2.23. The van der Waals surface area contributed by atoms with Crippen molar-refractivity contribution in [3.8, 4) is 0 Å². The third-order valence-electron chi connectivity index (χ3n) is 3.67. The highest BCUT2D eigenvalue weighted by molar-refractivity contribution is 14.0. The van der Waals surface area contributed by atoms with Gasteiger partial charge >= 0.3 is 0 Å². The van der Waals surface area contributed by atoms with E-state index < -0.39 is 0 Å². The van der Waals surface area contributed by atoms with E-state index in [2.05, 4.69) is 48.5 Å². The number of aromatic nitrogens is 2. The molecule has 1 rings (SSSR count). The first-order valence-electron chi connectivity index (χ1n) is 8.78. The smallest absolute Gasteiger partial charge is 0.228 e. The maximum Gasteiger partial charge on any atom is 0.228 e. The van der Waals surface area contributed by atoms with E-state index in [1.807, 2.05) is 6.92 Å². The summed E-state index contributed by atoms with van der Waals surface area (Å²) in [5.74, 6) is 2.19. The van der Waals surface area contributed by atoms with Crippen molar-refractivity contribution < 1.29 is 4.52 Å². The minimum absolute atomic E-state index is 0. The third-order valence-corrected chi connectivity index (χ3v) is 3.67. The molecule has 24 heavy (non-hydrogen) atoms. The van der Waals surface area contributed by atoms with Gasteiger partial charge in [0.15, 0.2) is 11.8 Å². The molecule has 140 valence electrons. The number of rotatable bonds is 10. The summed E-state index contributed by atoms with van der Waals surface area (Å²) in [5.41, 5.74) is 0.237. The van der Waals surface area contributed by atoms with Crippen LogP contribution >= 0.6 is 24.0 Å². The van der Waals surface area contributed by atoms with Gasteiger partial charge < -0.3 is 15.2 Å². The first kappa shape index (κ1) is 23.1. The van der Waals surface area contributed by atoms with Crippen molar-refractivity contribution in [1.82, 2.24) is 20.8 Å². The van der Waals surface area contributed by atoms with Gasteiger partial charge in [0.05, 0.1) is 0 Å². The average Bonchev–Trinajstić information content (AvgIpc) is 2.90. The van der Waals surface area contributed by atoms with Gasteiger partial charge in [0, 0.05) is 26.1 Å². The molecule has 0 fully saturated rings. The molecule has 7 heteroatoms. The number of guanidine groups is 1. The molecule has 2 N–H and O–H groups in total. The molecule has 0 aliphatic carbocycles. The number of nitrogens with one attached hydrogen (secondary N) is 2. The zero-order valence-corrected chi connectivity index (χ0v) is 18.1. The lowest BCUT2D eigenvalue weighted by atomic mass is 9.87. The van der Waals surface area contributed by atoms with E-state index in [0.29, 0.717) is 18.1 Å². The van der Waals surface area contributed by atoms with Crippen molar-refractivity contribution in [1.29, 1.82) is 0 Å². The van der Waals surface area contributed by atoms with E-state index in [0.717, 1.165) is 25.6 Å². The van der Waals surface area contributed by atoms with E-state index in [-0.39, 0.29) is 29.4 Å². The van der Waals surface area contributed by atoms with E-state index in [1.165, 1.54) is 25.7 Å². The molecular formula is C17H34IN5O. The number of nitrogens with zero attached hydrogens (tertiary/aromatic N) is 3. The standard InChI is InChI=1S/C17H33N5O.HI/c1-6-8-9-11-17(4,5)13-20-16(18-7-2)19-12-10-15-21-14(3)22-23-15;/h6-13H2,1-5H3,(H2,18,19,20);1H. The van der Waals surface area contributed by atoms with Crippen LogP contribution in [0.5, 0.6) is 0 Å². The number of hydrogen-bond donors (Lipinski definition) is 2. The summed E-state index contributed by atoms with van der Waals surface area (Å²) >= 11 is 0. The summed E-state index contributed by atoms with van der Waals surface area (Å²) in [6.07, 6.45) is 5.75. The Labute approximate surface area is 163 Å². The van der Waals surface area contributed by atoms with E-state index >= 15 is 0 Å². The predicted octanol–water partition coefficient (Wildman–Crippen LogP) is 3.70. The highest BCUT2D eigenvalue weighted by Gasteiger charge is 2.17. The van der Waals surface area contributed by atoms with E-state index in [4.69, 9.17) is 9.52 Å². The van der Waals surface area contributed by atoms with E-state index in [1.54, 1.807) is 0 Å². The molecule has 6 nitrogen and oxygen atoms in total. The van der Waals surface area contributed by atoms with Gasteiger partial charge in [0.1, 0.15) is 0 Å². The fraction of sp³-hybridized carbons (Fsp3) is 0.824. The van der Waals surface area contributed by atoms with Crippen LogP contribution in [0.25, 0.3) is 0 Å². The molecule has 1 heterocycles. The Hall–Kier alpha value is -0.860. The van der Waals surface area contributed by atoms with E-state index in [9.17, 15) is 0 Å².